The van der Waals surface area contributed by atoms with Crippen LogP contribution in [0.15, 0.2) is 41.0 Å². The third-order valence-electron chi connectivity index (χ3n) is 6.47. The van der Waals surface area contributed by atoms with Crippen molar-refractivity contribution in [2.75, 3.05) is 38.0 Å². The molecule has 9 nitrogen and oxygen atoms in total. The maximum Gasteiger partial charge on any atom is 0.150 e. The van der Waals surface area contributed by atoms with Crippen LogP contribution in [0.2, 0.25) is 0 Å². The molecule has 2 aliphatic heterocycles. The molecule has 0 bridgehead atoms. The standard InChI is InChI=1S/C25H29FN4O5S/c1-15-9-17(30-36(2,32)18-5-7-33-8-6-18)11-20-24(15)25(28-14-27-20)29-19-4-3-16(26)10-22(19)35-23-13-34-12-21(23)31/h3-4,9-11,14,18,21,23,31H,5-8,12-13H2,1-2H3,(H,27,28,29)/t21-,23-,36?/m0/s1. The Bertz CT molecular complexity index is 1390. The van der Waals surface area contributed by atoms with Gasteiger partial charge in [0, 0.05) is 36.2 Å². The summed E-state index contributed by atoms with van der Waals surface area (Å²) >= 11 is 0. The zero-order valence-corrected chi connectivity index (χ0v) is 21.0. The van der Waals surface area contributed by atoms with Crippen LogP contribution >= 0.6 is 0 Å². The van der Waals surface area contributed by atoms with Crippen LogP contribution in [-0.2, 0) is 19.2 Å². The van der Waals surface area contributed by atoms with Gasteiger partial charge in [-0.05, 0) is 49.6 Å². The van der Waals surface area contributed by atoms with Crippen molar-refractivity contribution in [2.24, 2.45) is 4.36 Å². The number of halogens is 1. The minimum atomic E-state index is -2.45. The Balaban J connectivity index is 1.48. The SMILES string of the molecule is Cc1cc(N=S(C)(=O)C2CCOCC2)cc2ncnc(Nc3ccc(F)cc3O[C@H]3COC[C@@H]3O)c12. The number of aliphatic hydroxyl groups is 1. The second-order valence-electron chi connectivity index (χ2n) is 9.17. The molecule has 3 heterocycles. The van der Waals surface area contributed by atoms with E-state index in [-0.39, 0.29) is 24.2 Å². The number of hydrogen-bond acceptors (Lipinski definition) is 9. The average Bonchev–Trinajstić information content (AvgIpc) is 3.25. The van der Waals surface area contributed by atoms with E-state index in [1.54, 1.807) is 18.4 Å². The number of benzene rings is 2. The summed E-state index contributed by atoms with van der Waals surface area (Å²) in [6.07, 6.45) is 3.20. The van der Waals surface area contributed by atoms with Crippen LogP contribution in [0.4, 0.5) is 21.6 Å². The number of hydrogen-bond donors (Lipinski definition) is 2. The van der Waals surface area contributed by atoms with Crippen molar-refractivity contribution in [1.82, 2.24) is 9.97 Å². The van der Waals surface area contributed by atoms with Gasteiger partial charge in [0.1, 0.15) is 29.8 Å². The van der Waals surface area contributed by atoms with Gasteiger partial charge in [0.25, 0.3) is 0 Å². The average molecular weight is 517 g/mol. The number of anilines is 2. The summed E-state index contributed by atoms with van der Waals surface area (Å²) in [4.78, 5) is 8.82. The fourth-order valence-electron chi connectivity index (χ4n) is 4.54. The zero-order chi connectivity index (χ0) is 25.3. The Labute approximate surface area is 209 Å². The van der Waals surface area contributed by atoms with E-state index in [1.807, 2.05) is 13.0 Å². The van der Waals surface area contributed by atoms with E-state index in [1.165, 1.54) is 18.5 Å². The van der Waals surface area contributed by atoms with Gasteiger partial charge in [0.2, 0.25) is 0 Å². The van der Waals surface area contributed by atoms with Crippen LogP contribution in [0.3, 0.4) is 0 Å². The number of aryl methyl sites for hydroxylation is 1. The fraction of sp³-hybridized carbons (Fsp3) is 0.440. The van der Waals surface area contributed by atoms with Crippen molar-refractivity contribution in [2.45, 2.75) is 37.2 Å². The topological polar surface area (TPSA) is 115 Å². The molecule has 0 saturated carbocycles. The molecule has 0 radical (unpaired) electrons. The molecule has 1 unspecified atom stereocenters. The highest BCUT2D eigenvalue weighted by molar-refractivity contribution is 7.93. The minimum absolute atomic E-state index is 0.00874. The third-order valence-corrected chi connectivity index (χ3v) is 8.75. The molecule has 2 N–H and O–H groups in total. The van der Waals surface area contributed by atoms with Gasteiger partial charge in [0.15, 0.2) is 6.10 Å². The summed E-state index contributed by atoms with van der Waals surface area (Å²) in [5.74, 6) is 0.278. The second-order valence-corrected chi connectivity index (χ2v) is 11.7. The summed E-state index contributed by atoms with van der Waals surface area (Å²) in [6.45, 7) is 3.51. The number of fused-ring (bicyclic) bond motifs is 1. The molecule has 11 heteroatoms. The molecule has 1 aromatic heterocycles. The smallest absolute Gasteiger partial charge is 0.150 e. The molecule has 3 aromatic rings. The van der Waals surface area contributed by atoms with Crippen LogP contribution in [0.25, 0.3) is 10.9 Å². The van der Waals surface area contributed by atoms with E-state index in [2.05, 4.69) is 19.6 Å². The van der Waals surface area contributed by atoms with Gasteiger partial charge in [-0.15, -0.1) is 0 Å². The van der Waals surface area contributed by atoms with Crippen molar-refractivity contribution in [3.05, 3.63) is 48.0 Å². The molecule has 192 valence electrons. The Morgan fingerprint density at radius 3 is 2.72 bits per heavy atom. The lowest BCUT2D eigenvalue weighted by Gasteiger charge is -2.23. The molecule has 0 aliphatic carbocycles. The molecular formula is C25H29FN4O5S. The number of nitrogens with zero attached hydrogens (tertiary/aromatic N) is 3. The molecule has 2 aromatic carbocycles. The monoisotopic (exact) mass is 516 g/mol. The van der Waals surface area contributed by atoms with Gasteiger partial charge in [-0.25, -0.2) is 18.6 Å². The van der Waals surface area contributed by atoms with E-state index < -0.39 is 27.8 Å². The van der Waals surface area contributed by atoms with Crippen LogP contribution in [-0.4, -0.2) is 69.4 Å². The highest BCUT2D eigenvalue weighted by atomic mass is 32.2. The Kier molecular flexibility index (Phi) is 7.07. The van der Waals surface area contributed by atoms with E-state index in [4.69, 9.17) is 14.2 Å². The van der Waals surface area contributed by atoms with Gasteiger partial charge >= 0.3 is 0 Å². The number of aliphatic hydroxyl groups excluding tert-OH is 1. The predicted octanol–water partition coefficient (Wildman–Crippen LogP) is 3.87. The summed E-state index contributed by atoms with van der Waals surface area (Å²) in [6, 6.07) is 7.80. The predicted molar refractivity (Wildman–Crippen MR) is 135 cm³/mol. The van der Waals surface area contributed by atoms with Gasteiger partial charge in [-0.1, -0.05) is 0 Å². The Morgan fingerprint density at radius 1 is 1.17 bits per heavy atom. The van der Waals surface area contributed by atoms with Crippen LogP contribution < -0.4 is 10.1 Å². The van der Waals surface area contributed by atoms with Gasteiger partial charge in [-0.3, -0.25) is 0 Å². The van der Waals surface area contributed by atoms with Gasteiger partial charge in [-0.2, -0.15) is 4.36 Å². The summed E-state index contributed by atoms with van der Waals surface area (Å²) in [7, 11) is -2.45. The number of ether oxygens (including phenoxy) is 3. The van der Waals surface area contributed by atoms with E-state index in [0.717, 1.165) is 23.8 Å². The molecule has 0 amide bonds. The van der Waals surface area contributed by atoms with Crippen molar-refractivity contribution in [3.63, 3.8) is 0 Å². The summed E-state index contributed by atoms with van der Waals surface area (Å²) < 4.78 is 48.5. The molecule has 36 heavy (non-hydrogen) atoms. The molecule has 0 spiro atoms. The Hall–Kier alpha value is -2.86. The first-order valence-corrected chi connectivity index (χ1v) is 13.8. The fourth-order valence-corrected chi connectivity index (χ4v) is 6.28. The Morgan fingerprint density at radius 2 is 1.97 bits per heavy atom. The molecule has 2 saturated heterocycles. The van der Waals surface area contributed by atoms with Crippen molar-refractivity contribution in [1.29, 1.82) is 0 Å². The highest BCUT2D eigenvalue weighted by Gasteiger charge is 2.29. The van der Waals surface area contributed by atoms with Crippen LogP contribution in [0.5, 0.6) is 5.75 Å². The number of rotatable bonds is 6. The van der Waals surface area contributed by atoms with Crippen molar-refractivity contribution >= 4 is 37.8 Å². The molecular weight excluding hydrogens is 487 g/mol. The van der Waals surface area contributed by atoms with Crippen molar-refractivity contribution in [3.8, 4) is 5.75 Å². The minimum Gasteiger partial charge on any atom is -0.483 e. The summed E-state index contributed by atoms with van der Waals surface area (Å²) in [5, 5.41) is 14.0. The van der Waals surface area contributed by atoms with Crippen LogP contribution in [0, 0.1) is 12.7 Å². The van der Waals surface area contributed by atoms with Gasteiger partial charge in [0.05, 0.1) is 39.8 Å². The maximum atomic E-state index is 14.0. The lowest BCUT2D eigenvalue weighted by molar-refractivity contribution is 0.0736. The molecule has 2 fully saturated rings. The van der Waals surface area contributed by atoms with Gasteiger partial charge < -0.3 is 24.6 Å². The quantitative estimate of drug-likeness (QED) is 0.508. The first-order chi connectivity index (χ1) is 17.3. The van der Waals surface area contributed by atoms with E-state index >= 15 is 0 Å². The molecule has 5 rings (SSSR count). The first kappa shape index (κ1) is 24.8. The lowest BCUT2D eigenvalue weighted by Crippen LogP contribution is -2.30. The maximum absolute atomic E-state index is 14.0. The largest absolute Gasteiger partial charge is 0.483 e. The van der Waals surface area contributed by atoms with Crippen LogP contribution in [0.1, 0.15) is 18.4 Å². The normalized spacial score (nSPS) is 22.3. The zero-order valence-electron chi connectivity index (χ0n) is 20.1. The molecule has 2 aliphatic rings. The van der Waals surface area contributed by atoms with E-state index in [9.17, 15) is 13.7 Å². The number of aromatic nitrogens is 2. The second kappa shape index (κ2) is 10.3. The molecule has 3 atom stereocenters. The third kappa shape index (κ3) is 5.29. The van der Waals surface area contributed by atoms with Crippen molar-refractivity contribution < 1.29 is 27.9 Å². The summed E-state index contributed by atoms with van der Waals surface area (Å²) in [5.41, 5.74) is 2.57. The first-order valence-electron chi connectivity index (χ1n) is 11.8. The van der Waals surface area contributed by atoms with E-state index in [0.29, 0.717) is 35.9 Å². The highest BCUT2D eigenvalue weighted by Crippen LogP contribution is 2.35. The number of nitrogens with one attached hydrogen (secondary N) is 1. The lowest BCUT2D eigenvalue weighted by atomic mass is 10.1.